The van der Waals surface area contributed by atoms with E-state index in [0.29, 0.717) is 0 Å². The second-order valence-corrected chi connectivity index (χ2v) is 16.4. The van der Waals surface area contributed by atoms with Crippen LogP contribution in [-0.2, 0) is 5.41 Å². The lowest BCUT2D eigenvalue weighted by atomic mass is 9.63. The molecular formula is C59H38N2. The van der Waals surface area contributed by atoms with Gasteiger partial charge in [-0.1, -0.05) is 170 Å². The van der Waals surface area contributed by atoms with Gasteiger partial charge in [-0.15, -0.1) is 0 Å². The average molecular weight is 775 g/mol. The van der Waals surface area contributed by atoms with Crippen molar-refractivity contribution in [1.82, 2.24) is 4.57 Å². The first kappa shape index (κ1) is 34.0. The van der Waals surface area contributed by atoms with E-state index < -0.39 is 5.41 Å². The van der Waals surface area contributed by atoms with Crippen LogP contribution < -0.4 is 4.90 Å². The fourth-order valence-electron chi connectivity index (χ4n) is 10.9. The van der Waals surface area contributed by atoms with Gasteiger partial charge < -0.3 is 9.47 Å². The lowest BCUT2D eigenvalue weighted by molar-refractivity contribution is 0.783. The predicted octanol–water partition coefficient (Wildman–Crippen LogP) is 15.4. The largest absolute Gasteiger partial charge is 0.311 e. The monoisotopic (exact) mass is 774 g/mol. The molecule has 284 valence electrons. The minimum absolute atomic E-state index is 0.482. The Kier molecular flexibility index (Phi) is 7.26. The molecule has 1 aromatic heterocycles. The molecule has 61 heavy (non-hydrogen) atoms. The summed E-state index contributed by atoms with van der Waals surface area (Å²) in [6.45, 7) is 0. The number of para-hydroxylation sites is 2. The summed E-state index contributed by atoms with van der Waals surface area (Å²) in [6.07, 6.45) is 0. The van der Waals surface area contributed by atoms with Crippen molar-refractivity contribution in [2.75, 3.05) is 4.90 Å². The summed E-state index contributed by atoms with van der Waals surface area (Å²) in [4.78, 5) is 2.33. The van der Waals surface area contributed by atoms with Gasteiger partial charge in [0.05, 0.1) is 16.4 Å². The topological polar surface area (TPSA) is 8.17 Å². The third-order valence-electron chi connectivity index (χ3n) is 13.4. The Bertz CT molecular complexity index is 3410. The maximum atomic E-state index is 2.52. The summed E-state index contributed by atoms with van der Waals surface area (Å²) in [6, 6.07) is 85.1. The molecule has 1 heterocycles. The number of benzene rings is 10. The smallest absolute Gasteiger partial charge is 0.0726 e. The molecule has 11 aromatic rings. The first-order valence-electron chi connectivity index (χ1n) is 21.2. The molecule has 0 radical (unpaired) electrons. The standard InChI is InChI=1S/C59H38N2/c1-4-16-39(17-5-1)40-30-34-45(35-31-40)61-54-29-15-28-53-57(54)58-55(61)38-49(41-32-36-44(37-33-41)60(42-18-6-2-7-19-42)43-20-8-3-9-21-43)48-24-14-27-52(56(48)58)59(53)50-25-12-10-22-46(50)47-23-11-13-26-51(47)59/h1-38H. The first-order valence-corrected chi connectivity index (χ1v) is 21.2. The highest BCUT2D eigenvalue weighted by molar-refractivity contribution is 6.29. The molecule has 0 saturated heterocycles. The molecule has 1 spiro atoms. The zero-order valence-corrected chi connectivity index (χ0v) is 33.3. The SMILES string of the molecule is c1ccc(-c2ccc(-n3c4cccc5c4c4c6c(cccc6c(-c6ccc(N(c7ccccc7)c7ccccc7)cc6)cc43)C53c4ccccc4-c4ccccc43)cc2)cc1. The second-order valence-electron chi connectivity index (χ2n) is 16.4. The van der Waals surface area contributed by atoms with Gasteiger partial charge in [0.15, 0.2) is 0 Å². The highest BCUT2D eigenvalue weighted by Gasteiger charge is 2.50. The average Bonchev–Trinajstić information content (AvgIpc) is 3.83. The van der Waals surface area contributed by atoms with Crippen molar-refractivity contribution in [3.05, 3.63) is 253 Å². The van der Waals surface area contributed by atoms with E-state index in [4.69, 9.17) is 0 Å². The van der Waals surface area contributed by atoms with Gasteiger partial charge in [-0.2, -0.15) is 0 Å². The van der Waals surface area contributed by atoms with Crippen LogP contribution in [0.2, 0.25) is 0 Å². The Balaban J connectivity index is 1.11. The molecule has 0 fully saturated rings. The zero-order chi connectivity index (χ0) is 40.1. The van der Waals surface area contributed by atoms with Gasteiger partial charge in [0.2, 0.25) is 0 Å². The molecule has 0 saturated carbocycles. The molecular weight excluding hydrogens is 737 g/mol. The lowest BCUT2D eigenvalue weighted by Gasteiger charge is -2.38. The molecule has 2 aliphatic carbocycles. The summed E-state index contributed by atoms with van der Waals surface area (Å²) in [5.41, 5.74) is 19.4. The molecule has 0 aliphatic heterocycles. The third kappa shape index (κ3) is 4.73. The Morgan fingerprint density at radius 2 is 0.803 bits per heavy atom. The van der Waals surface area contributed by atoms with Crippen LogP contribution in [0.4, 0.5) is 17.1 Å². The van der Waals surface area contributed by atoms with Gasteiger partial charge in [-0.25, -0.2) is 0 Å². The molecule has 0 N–H and O–H groups in total. The maximum absolute atomic E-state index is 2.52. The molecule has 0 amide bonds. The maximum Gasteiger partial charge on any atom is 0.0726 e. The summed E-state index contributed by atoms with van der Waals surface area (Å²) >= 11 is 0. The molecule has 0 atom stereocenters. The predicted molar refractivity (Wildman–Crippen MR) is 255 cm³/mol. The number of hydrogen-bond donors (Lipinski definition) is 0. The van der Waals surface area contributed by atoms with Crippen LogP contribution in [0.3, 0.4) is 0 Å². The second kappa shape index (κ2) is 13.0. The van der Waals surface area contributed by atoms with E-state index in [1.807, 2.05) is 0 Å². The molecule has 13 rings (SSSR count). The highest BCUT2D eigenvalue weighted by atomic mass is 15.1. The Hall–Kier alpha value is -7.94. The van der Waals surface area contributed by atoms with E-state index in [9.17, 15) is 0 Å². The number of hydrogen-bond acceptors (Lipinski definition) is 1. The van der Waals surface area contributed by atoms with Crippen molar-refractivity contribution in [3.8, 4) is 39.1 Å². The fourth-order valence-corrected chi connectivity index (χ4v) is 10.9. The number of rotatable bonds is 6. The fraction of sp³-hybridized carbons (Fsp3) is 0.0169. The molecule has 2 heteroatoms. The summed E-state index contributed by atoms with van der Waals surface area (Å²) in [7, 11) is 0. The highest BCUT2D eigenvalue weighted by Crippen LogP contribution is 2.62. The van der Waals surface area contributed by atoms with Crippen molar-refractivity contribution < 1.29 is 0 Å². The van der Waals surface area contributed by atoms with Gasteiger partial charge in [0.25, 0.3) is 0 Å². The van der Waals surface area contributed by atoms with E-state index in [1.54, 1.807) is 0 Å². The molecule has 10 aromatic carbocycles. The Morgan fingerprint density at radius 3 is 1.44 bits per heavy atom. The summed E-state index contributed by atoms with van der Waals surface area (Å²) < 4.78 is 2.52. The van der Waals surface area contributed by atoms with E-state index in [-0.39, 0.29) is 0 Å². The minimum atomic E-state index is -0.482. The number of fused-ring (bicyclic) bond motifs is 7. The van der Waals surface area contributed by atoms with Crippen LogP contribution in [0.1, 0.15) is 22.3 Å². The van der Waals surface area contributed by atoms with Crippen LogP contribution in [0.5, 0.6) is 0 Å². The molecule has 0 unspecified atom stereocenters. The van der Waals surface area contributed by atoms with Gasteiger partial charge in [-0.3, -0.25) is 0 Å². The summed E-state index contributed by atoms with van der Waals surface area (Å²) in [5, 5.41) is 5.28. The first-order chi connectivity index (χ1) is 30.3. The van der Waals surface area contributed by atoms with Crippen molar-refractivity contribution in [3.63, 3.8) is 0 Å². The third-order valence-corrected chi connectivity index (χ3v) is 13.4. The van der Waals surface area contributed by atoms with Gasteiger partial charge >= 0.3 is 0 Å². The Labute approximate surface area is 354 Å². The van der Waals surface area contributed by atoms with Crippen molar-refractivity contribution in [2.45, 2.75) is 5.41 Å². The van der Waals surface area contributed by atoms with Crippen LogP contribution in [-0.4, -0.2) is 4.57 Å². The van der Waals surface area contributed by atoms with Crippen LogP contribution in [0, 0.1) is 0 Å². The van der Waals surface area contributed by atoms with Crippen molar-refractivity contribution in [1.29, 1.82) is 0 Å². The van der Waals surface area contributed by atoms with Crippen molar-refractivity contribution in [2.24, 2.45) is 0 Å². The lowest BCUT2D eigenvalue weighted by Crippen LogP contribution is -2.30. The number of anilines is 3. The number of nitrogens with zero attached hydrogens (tertiary/aromatic N) is 2. The van der Waals surface area contributed by atoms with Crippen LogP contribution in [0.15, 0.2) is 231 Å². The van der Waals surface area contributed by atoms with Crippen LogP contribution >= 0.6 is 0 Å². The van der Waals surface area contributed by atoms with Gasteiger partial charge in [0, 0.05) is 33.5 Å². The van der Waals surface area contributed by atoms with Crippen molar-refractivity contribution >= 4 is 49.6 Å². The normalized spacial score (nSPS) is 13.0. The van der Waals surface area contributed by atoms with E-state index >= 15 is 0 Å². The molecule has 2 aliphatic rings. The van der Waals surface area contributed by atoms with Gasteiger partial charge in [-0.05, 0) is 127 Å². The van der Waals surface area contributed by atoms with Gasteiger partial charge in [0.1, 0.15) is 0 Å². The van der Waals surface area contributed by atoms with Crippen LogP contribution in [0.25, 0.3) is 71.6 Å². The zero-order valence-electron chi connectivity index (χ0n) is 33.3. The quantitative estimate of drug-likeness (QED) is 0.163. The molecule has 0 bridgehead atoms. The van der Waals surface area contributed by atoms with E-state index in [1.165, 1.54) is 88.2 Å². The summed E-state index contributed by atoms with van der Waals surface area (Å²) in [5.74, 6) is 0. The van der Waals surface area contributed by atoms with E-state index in [2.05, 4.69) is 240 Å². The number of aromatic nitrogens is 1. The Morgan fingerprint density at radius 1 is 0.311 bits per heavy atom. The minimum Gasteiger partial charge on any atom is -0.311 e. The molecule has 2 nitrogen and oxygen atoms in total. The van der Waals surface area contributed by atoms with E-state index in [0.717, 1.165) is 22.7 Å².